The Balaban J connectivity index is 1.75. The summed E-state index contributed by atoms with van der Waals surface area (Å²) in [5.74, 6) is 0.339. The molecular formula is C21H19FN4O. The van der Waals surface area contributed by atoms with Gasteiger partial charge in [0.1, 0.15) is 17.2 Å². The number of aromatic nitrogens is 4. The third-order valence-corrected chi connectivity index (χ3v) is 4.60. The van der Waals surface area contributed by atoms with Gasteiger partial charge in [-0.25, -0.2) is 9.37 Å². The molecule has 0 amide bonds. The molecule has 0 aliphatic rings. The van der Waals surface area contributed by atoms with E-state index in [0.29, 0.717) is 18.6 Å². The fourth-order valence-corrected chi connectivity index (χ4v) is 3.31. The predicted molar refractivity (Wildman–Crippen MR) is 101 cm³/mol. The zero-order chi connectivity index (χ0) is 18.8. The van der Waals surface area contributed by atoms with Gasteiger partial charge >= 0.3 is 0 Å². The van der Waals surface area contributed by atoms with E-state index in [2.05, 4.69) is 26.0 Å². The van der Waals surface area contributed by atoms with Gasteiger partial charge in [-0.2, -0.15) is 0 Å². The van der Waals surface area contributed by atoms with Crippen molar-refractivity contribution < 1.29 is 9.13 Å². The first kappa shape index (κ1) is 17.1. The Morgan fingerprint density at radius 3 is 2.67 bits per heavy atom. The fraction of sp³-hybridized carbons (Fsp3) is 0.190. The van der Waals surface area contributed by atoms with Gasteiger partial charge in [-0.15, -0.1) is 0 Å². The lowest BCUT2D eigenvalue weighted by atomic mass is 9.96. The molecule has 0 unspecified atom stereocenters. The number of hydrogen-bond donors (Lipinski definition) is 1. The number of nitrogens with one attached hydrogen (secondary N) is 1. The van der Waals surface area contributed by atoms with Gasteiger partial charge in [0.15, 0.2) is 0 Å². The summed E-state index contributed by atoms with van der Waals surface area (Å²) >= 11 is 0. The van der Waals surface area contributed by atoms with Crippen LogP contribution in [0.25, 0.3) is 11.0 Å². The van der Waals surface area contributed by atoms with E-state index in [1.807, 2.05) is 25.5 Å². The van der Waals surface area contributed by atoms with Crippen LogP contribution in [0.1, 0.15) is 27.8 Å². The second-order valence-electron chi connectivity index (χ2n) is 6.57. The fourth-order valence-electron chi connectivity index (χ4n) is 3.31. The lowest BCUT2D eigenvalue weighted by Gasteiger charge is -2.13. The Kier molecular flexibility index (Phi) is 4.54. The van der Waals surface area contributed by atoms with E-state index in [4.69, 9.17) is 4.74 Å². The number of aromatic amines is 1. The average molecular weight is 362 g/mol. The monoisotopic (exact) mass is 362 g/mol. The number of rotatable bonds is 5. The van der Waals surface area contributed by atoms with Crippen molar-refractivity contribution in [3.8, 4) is 5.75 Å². The van der Waals surface area contributed by atoms with Crippen LogP contribution in [0, 0.1) is 12.7 Å². The van der Waals surface area contributed by atoms with E-state index in [1.165, 1.54) is 12.3 Å². The average Bonchev–Trinajstić information content (AvgIpc) is 3.05. The maximum atomic E-state index is 13.6. The summed E-state index contributed by atoms with van der Waals surface area (Å²) in [5.41, 5.74) is 5.91. The molecule has 4 heterocycles. The summed E-state index contributed by atoms with van der Waals surface area (Å²) in [6, 6.07) is 3.62. The summed E-state index contributed by atoms with van der Waals surface area (Å²) in [4.78, 5) is 15.9. The summed E-state index contributed by atoms with van der Waals surface area (Å²) < 4.78 is 19.1. The van der Waals surface area contributed by atoms with Crippen LogP contribution in [0.4, 0.5) is 4.39 Å². The van der Waals surface area contributed by atoms with Gasteiger partial charge in [0, 0.05) is 48.6 Å². The minimum atomic E-state index is -0.347. The molecule has 6 heteroatoms. The smallest absolute Gasteiger partial charge is 0.141 e. The Morgan fingerprint density at radius 2 is 1.85 bits per heavy atom. The molecule has 0 saturated carbocycles. The third-order valence-electron chi connectivity index (χ3n) is 4.60. The molecule has 27 heavy (non-hydrogen) atoms. The quantitative estimate of drug-likeness (QED) is 0.583. The van der Waals surface area contributed by atoms with Gasteiger partial charge in [0.2, 0.25) is 0 Å². The molecule has 4 aromatic rings. The van der Waals surface area contributed by atoms with E-state index < -0.39 is 0 Å². The molecular weight excluding hydrogens is 343 g/mol. The molecule has 4 aromatic heterocycles. The number of fused-ring (bicyclic) bond motifs is 1. The van der Waals surface area contributed by atoms with Gasteiger partial charge in [0.05, 0.1) is 19.5 Å². The van der Waals surface area contributed by atoms with E-state index in [1.54, 1.807) is 19.5 Å². The molecule has 0 fully saturated rings. The lowest BCUT2D eigenvalue weighted by molar-refractivity contribution is 0.408. The molecule has 1 N–H and O–H groups in total. The van der Waals surface area contributed by atoms with E-state index in [-0.39, 0.29) is 5.82 Å². The van der Waals surface area contributed by atoms with Gasteiger partial charge in [-0.3, -0.25) is 9.97 Å². The molecule has 136 valence electrons. The Morgan fingerprint density at radius 1 is 1.00 bits per heavy atom. The Bertz CT molecular complexity index is 1110. The molecule has 5 nitrogen and oxygen atoms in total. The van der Waals surface area contributed by atoms with Crippen LogP contribution in [0.5, 0.6) is 5.75 Å². The zero-order valence-corrected chi connectivity index (χ0v) is 15.2. The second-order valence-corrected chi connectivity index (χ2v) is 6.57. The minimum Gasteiger partial charge on any atom is -0.495 e. The number of methoxy groups -OCH3 is 1. The van der Waals surface area contributed by atoms with Crippen LogP contribution in [-0.2, 0) is 12.8 Å². The predicted octanol–water partition coefficient (Wildman–Crippen LogP) is 3.99. The number of pyridine rings is 3. The normalized spacial score (nSPS) is 11.1. The molecule has 0 aliphatic heterocycles. The van der Waals surface area contributed by atoms with Crippen molar-refractivity contribution in [1.82, 2.24) is 19.9 Å². The molecule has 0 saturated heterocycles. The van der Waals surface area contributed by atoms with Crippen LogP contribution >= 0.6 is 0 Å². The first-order valence-corrected chi connectivity index (χ1v) is 8.66. The van der Waals surface area contributed by atoms with E-state index >= 15 is 0 Å². The minimum absolute atomic E-state index is 0.347. The number of aryl methyl sites for hydroxylation is 1. The molecule has 0 atom stereocenters. The number of H-pyrrole nitrogens is 1. The number of nitrogens with zero attached hydrogens (tertiary/aromatic N) is 3. The third kappa shape index (κ3) is 3.51. The topological polar surface area (TPSA) is 63.7 Å². The van der Waals surface area contributed by atoms with Crippen molar-refractivity contribution in [2.45, 2.75) is 19.8 Å². The molecule has 0 radical (unpaired) electrons. The van der Waals surface area contributed by atoms with Crippen LogP contribution in [0.2, 0.25) is 0 Å². The summed E-state index contributed by atoms with van der Waals surface area (Å²) in [7, 11) is 1.62. The summed E-state index contributed by atoms with van der Waals surface area (Å²) in [6.07, 6.45) is 11.4. The van der Waals surface area contributed by atoms with Gasteiger partial charge in [-0.05, 0) is 41.3 Å². The highest BCUT2D eigenvalue weighted by atomic mass is 19.1. The van der Waals surface area contributed by atoms with Crippen LogP contribution in [-0.4, -0.2) is 27.0 Å². The van der Waals surface area contributed by atoms with Gasteiger partial charge < -0.3 is 9.72 Å². The van der Waals surface area contributed by atoms with Crippen LogP contribution < -0.4 is 4.74 Å². The summed E-state index contributed by atoms with van der Waals surface area (Å²) in [5, 5.41) is 1.09. The second kappa shape index (κ2) is 7.15. The highest BCUT2D eigenvalue weighted by Crippen LogP contribution is 2.28. The molecule has 0 bridgehead atoms. The maximum Gasteiger partial charge on any atom is 0.141 e. The number of hydrogen-bond acceptors (Lipinski definition) is 4. The molecule has 0 aliphatic carbocycles. The lowest BCUT2D eigenvalue weighted by Crippen LogP contribution is -2.02. The van der Waals surface area contributed by atoms with Gasteiger partial charge in [0.25, 0.3) is 0 Å². The number of ether oxygens (including phenoxy) is 1. The van der Waals surface area contributed by atoms with Crippen molar-refractivity contribution >= 4 is 11.0 Å². The maximum absolute atomic E-state index is 13.6. The largest absolute Gasteiger partial charge is 0.495 e. The van der Waals surface area contributed by atoms with Crippen LogP contribution in [0.15, 0.2) is 49.3 Å². The Labute approximate surface area is 156 Å². The van der Waals surface area contributed by atoms with Crippen molar-refractivity contribution in [1.29, 1.82) is 0 Å². The van der Waals surface area contributed by atoms with Crippen molar-refractivity contribution in [3.63, 3.8) is 0 Å². The highest BCUT2D eigenvalue weighted by Gasteiger charge is 2.14. The first-order chi connectivity index (χ1) is 13.1. The van der Waals surface area contributed by atoms with E-state index in [9.17, 15) is 4.39 Å². The highest BCUT2D eigenvalue weighted by molar-refractivity contribution is 5.80. The molecule has 0 spiro atoms. The molecule has 0 aromatic carbocycles. The van der Waals surface area contributed by atoms with Crippen LogP contribution in [0.3, 0.4) is 0 Å². The van der Waals surface area contributed by atoms with E-state index in [0.717, 1.165) is 38.9 Å². The first-order valence-electron chi connectivity index (χ1n) is 8.66. The SMILES string of the molecule is COc1cncc(Cc2c[nH]c3ncc(C)cc23)c1Cc1cncc(F)c1. The molecule has 4 rings (SSSR count). The Hall–Kier alpha value is -3.28. The van der Waals surface area contributed by atoms with Crippen molar-refractivity contribution in [2.24, 2.45) is 0 Å². The number of halogens is 1. The zero-order valence-electron chi connectivity index (χ0n) is 15.2. The van der Waals surface area contributed by atoms with Crippen molar-refractivity contribution in [3.05, 3.63) is 82.9 Å². The van der Waals surface area contributed by atoms with Crippen molar-refractivity contribution in [2.75, 3.05) is 7.11 Å². The summed E-state index contributed by atoms with van der Waals surface area (Å²) in [6.45, 7) is 2.03. The standard InChI is InChI=1S/C21H19FN4O/c1-13-3-19-16(10-26-21(19)25-7-13)6-15-9-24-12-20(27-2)18(15)5-14-4-17(22)11-23-8-14/h3-4,7-12H,5-6H2,1-2H3,(H,25,26). The van der Waals surface area contributed by atoms with Gasteiger partial charge in [-0.1, -0.05) is 0 Å².